The molecule has 138 valence electrons. The van der Waals surface area contributed by atoms with Crippen molar-refractivity contribution in [1.29, 1.82) is 0 Å². The second-order valence-corrected chi connectivity index (χ2v) is 7.58. The van der Waals surface area contributed by atoms with Gasteiger partial charge in [-0.3, -0.25) is 9.59 Å². The highest BCUT2D eigenvalue weighted by Crippen LogP contribution is 2.22. The number of hydrogen-bond acceptors (Lipinski definition) is 2. The zero-order chi connectivity index (χ0) is 17.2. The summed E-state index contributed by atoms with van der Waals surface area (Å²) in [6.45, 7) is 5.76. The quantitative estimate of drug-likeness (QED) is 0.629. The van der Waals surface area contributed by atoms with Gasteiger partial charge in [0.05, 0.1) is 0 Å². The van der Waals surface area contributed by atoms with Crippen molar-refractivity contribution in [2.45, 2.75) is 84.0 Å². The highest BCUT2D eigenvalue weighted by Gasteiger charge is 2.29. The number of amides is 2. The molecule has 2 heterocycles. The lowest BCUT2D eigenvalue weighted by Gasteiger charge is -2.32. The molecule has 0 aromatic rings. The molecule has 2 saturated heterocycles. The second-order valence-electron chi connectivity index (χ2n) is 7.58. The van der Waals surface area contributed by atoms with Crippen LogP contribution in [0.15, 0.2) is 0 Å². The van der Waals surface area contributed by atoms with E-state index >= 15 is 0 Å². The summed E-state index contributed by atoms with van der Waals surface area (Å²) in [5.41, 5.74) is 0. The average molecular weight is 337 g/mol. The molecule has 1 unspecified atom stereocenters. The van der Waals surface area contributed by atoms with E-state index < -0.39 is 0 Å². The van der Waals surface area contributed by atoms with Crippen molar-refractivity contribution in [2.75, 3.05) is 26.2 Å². The molecular weight excluding hydrogens is 300 g/mol. The van der Waals surface area contributed by atoms with E-state index in [1.54, 1.807) is 0 Å². The predicted molar refractivity (Wildman–Crippen MR) is 97.7 cm³/mol. The van der Waals surface area contributed by atoms with Crippen molar-refractivity contribution in [2.24, 2.45) is 5.92 Å². The Balaban J connectivity index is 1.90. The molecular formula is C20H36N2O2. The van der Waals surface area contributed by atoms with Crippen LogP contribution in [-0.4, -0.2) is 47.8 Å². The molecule has 0 aliphatic carbocycles. The van der Waals surface area contributed by atoms with E-state index in [1.165, 1.54) is 32.1 Å². The number of hydrogen-bond donors (Lipinski definition) is 0. The minimum atomic E-state index is -0.0885. The molecule has 2 aliphatic rings. The van der Waals surface area contributed by atoms with Crippen molar-refractivity contribution in [3.63, 3.8) is 0 Å². The summed E-state index contributed by atoms with van der Waals surface area (Å²) in [7, 11) is 0. The molecule has 0 radical (unpaired) electrons. The van der Waals surface area contributed by atoms with Gasteiger partial charge in [0.1, 0.15) is 0 Å². The summed E-state index contributed by atoms with van der Waals surface area (Å²) in [5, 5.41) is 0. The van der Waals surface area contributed by atoms with Crippen LogP contribution in [0.2, 0.25) is 0 Å². The Hall–Kier alpha value is -1.06. The fourth-order valence-electron chi connectivity index (χ4n) is 3.99. The van der Waals surface area contributed by atoms with Crippen LogP contribution in [0, 0.1) is 5.92 Å². The van der Waals surface area contributed by atoms with Gasteiger partial charge in [0.15, 0.2) is 0 Å². The van der Waals surface area contributed by atoms with Crippen LogP contribution in [0.25, 0.3) is 0 Å². The summed E-state index contributed by atoms with van der Waals surface area (Å²) in [5.74, 6) is 0.367. The van der Waals surface area contributed by atoms with E-state index in [0.29, 0.717) is 6.42 Å². The molecule has 0 aromatic carbocycles. The fraction of sp³-hybridized carbons (Fsp3) is 0.900. The van der Waals surface area contributed by atoms with Crippen molar-refractivity contribution in [3.05, 3.63) is 0 Å². The topological polar surface area (TPSA) is 40.6 Å². The van der Waals surface area contributed by atoms with Gasteiger partial charge in [0, 0.05) is 38.5 Å². The third kappa shape index (κ3) is 6.10. The molecule has 4 nitrogen and oxygen atoms in total. The summed E-state index contributed by atoms with van der Waals surface area (Å²) in [6.07, 6.45) is 12.9. The molecule has 2 amide bonds. The second kappa shape index (κ2) is 10.7. The Bertz CT molecular complexity index is 385. The Morgan fingerprint density at radius 1 is 0.792 bits per heavy atom. The Kier molecular flexibility index (Phi) is 8.62. The lowest BCUT2D eigenvalue weighted by atomic mass is 9.94. The molecule has 0 spiro atoms. The summed E-state index contributed by atoms with van der Waals surface area (Å²) < 4.78 is 0. The van der Waals surface area contributed by atoms with E-state index in [1.807, 2.05) is 9.80 Å². The van der Waals surface area contributed by atoms with Crippen LogP contribution in [-0.2, 0) is 9.59 Å². The van der Waals surface area contributed by atoms with Gasteiger partial charge in [0.25, 0.3) is 0 Å². The first-order valence-electron chi connectivity index (χ1n) is 10.3. The summed E-state index contributed by atoms with van der Waals surface area (Å²) in [6, 6.07) is 0. The number of likely N-dealkylation sites (tertiary alicyclic amines) is 2. The number of carbonyl (C=O) groups is 2. The number of carbonyl (C=O) groups excluding carboxylic acids is 2. The van der Waals surface area contributed by atoms with Crippen molar-refractivity contribution in [1.82, 2.24) is 9.80 Å². The van der Waals surface area contributed by atoms with Gasteiger partial charge < -0.3 is 9.80 Å². The first-order chi connectivity index (χ1) is 11.7. The monoisotopic (exact) mass is 336 g/mol. The molecule has 1 atom stereocenters. The minimum absolute atomic E-state index is 0.0885. The summed E-state index contributed by atoms with van der Waals surface area (Å²) >= 11 is 0. The third-order valence-electron chi connectivity index (χ3n) is 5.55. The van der Waals surface area contributed by atoms with Crippen molar-refractivity contribution >= 4 is 11.8 Å². The van der Waals surface area contributed by atoms with Crippen molar-refractivity contribution < 1.29 is 9.59 Å². The number of piperidine rings is 2. The molecule has 0 saturated carbocycles. The maximum absolute atomic E-state index is 12.9. The Morgan fingerprint density at radius 2 is 1.38 bits per heavy atom. The van der Waals surface area contributed by atoms with Crippen LogP contribution >= 0.6 is 0 Å². The SMILES string of the molecule is CCCCCCC(CC(=O)N1CCCCC1)C(=O)N1CCCCC1. The normalized spacial score (nSPS) is 20.0. The third-order valence-corrected chi connectivity index (χ3v) is 5.55. The van der Waals surface area contributed by atoms with Crippen molar-refractivity contribution in [3.8, 4) is 0 Å². The number of nitrogens with zero attached hydrogens (tertiary/aromatic N) is 2. The van der Waals surface area contributed by atoms with Gasteiger partial charge in [-0.2, -0.15) is 0 Å². The van der Waals surface area contributed by atoms with E-state index in [-0.39, 0.29) is 17.7 Å². The minimum Gasteiger partial charge on any atom is -0.343 e. The van der Waals surface area contributed by atoms with Crippen LogP contribution in [0.4, 0.5) is 0 Å². The zero-order valence-electron chi connectivity index (χ0n) is 15.6. The van der Waals surface area contributed by atoms with E-state index in [4.69, 9.17) is 0 Å². The highest BCUT2D eigenvalue weighted by atomic mass is 16.2. The average Bonchev–Trinajstić information content (AvgIpc) is 2.65. The lowest BCUT2D eigenvalue weighted by Crippen LogP contribution is -2.43. The van der Waals surface area contributed by atoms with E-state index in [2.05, 4.69) is 6.92 Å². The molecule has 24 heavy (non-hydrogen) atoms. The summed E-state index contributed by atoms with van der Waals surface area (Å²) in [4.78, 5) is 29.6. The molecule has 0 bridgehead atoms. The largest absolute Gasteiger partial charge is 0.343 e. The van der Waals surface area contributed by atoms with Gasteiger partial charge in [0.2, 0.25) is 11.8 Å². The fourth-order valence-corrected chi connectivity index (χ4v) is 3.99. The smallest absolute Gasteiger partial charge is 0.226 e. The number of unbranched alkanes of at least 4 members (excludes halogenated alkanes) is 3. The molecule has 0 N–H and O–H groups in total. The first-order valence-corrected chi connectivity index (χ1v) is 10.3. The van der Waals surface area contributed by atoms with Crippen LogP contribution < -0.4 is 0 Å². The van der Waals surface area contributed by atoms with Crippen LogP contribution in [0.1, 0.15) is 84.0 Å². The van der Waals surface area contributed by atoms with Gasteiger partial charge in [-0.05, 0) is 44.9 Å². The molecule has 4 heteroatoms. The maximum atomic E-state index is 12.9. The van der Waals surface area contributed by atoms with Gasteiger partial charge in [-0.25, -0.2) is 0 Å². The molecule has 2 fully saturated rings. The highest BCUT2D eigenvalue weighted by molar-refractivity contribution is 5.86. The van der Waals surface area contributed by atoms with E-state index in [9.17, 15) is 9.59 Å². The van der Waals surface area contributed by atoms with E-state index in [0.717, 1.165) is 64.7 Å². The zero-order valence-corrected chi connectivity index (χ0v) is 15.6. The number of rotatable bonds is 8. The first kappa shape index (κ1) is 19.3. The van der Waals surface area contributed by atoms with Gasteiger partial charge in [-0.15, -0.1) is 0 Å². The lowest BCUT2D eigenvalue weighted by molar-refractivity contribution is -0.142. The van der Waals surface area contributed by atoms with Crippen LogP contribution in [0.3, 0.4) is 0 Å². The standard InChI is InChI=1S/C20H36N2O2/c1-2-3-4-7-12-18(20(24)22-15-10-6-11-16-22)17-19(23)21-13-8-5-9-14-21/h18H,2-17H2,1H3. The molecule has 0 aromatic heterocycles. The maximum Gasteiger partial charge on any atom is 0.226 e. The molecule has 2 rings (SSSR count). The predicted octanol–water partition coefficient (Wildman–Crippen LogP) is 3.99. The Morgan fingerprint density at radius 3 is 1.96 bits per heavy atom. The molecule has 2 aliphatic heterocycles. The van der Waals surface area contributed by atoms with Crippen LogP contribution in [0.5, 0.6) is 0 Å². The Labute approximate surface area is 148 Å². The van der Waals surface area contributed by atoms with Gasteiger partial charge in [-0.1, -0.05) is 32.6 Å². The van der Waals surface area contributed by atoms with Gasteiger partial charge >= 0.3 is 0 Å².